The van der Waals surface area contributed by atoms with Gasteiger partial charge in [-0.2, -0.15) is 13.2 Å². The van der Waals surface area contributed by atoms with Crippen molar-refractivity contribution < 1.29 is 23.0 Å². The first-order valence-electron chi connectivity index (χ1n) is 4.30. The minimum absolute atomic E-state index is 0.199. The first-order chi connectivity index (χ1) is 6.29. The van der Waals surface area contributed by atoms with Crippen LogP contribution in [0.15, 0.2) is 0 Å². The number of methoxy groups -OCH3 is 1. The summed E-state index contributed by atoms with van der Waals surface area (Å²) in [6.07, 6.45) is -7.09. The van der Waals surface area contributed by atoms with Crippen molar-refractivity contribution >= 4 is 0 Å². The van der Waals surface area contributed by atoms with Crippen molar-refractivity contribution in [1.29, 1.82) is 0 Å². The third-order valence-corrected chi connectivity index (χ3v) is 2.09. The fraction of sp³-hybridized carbons (Fsp3) is 1.00. The summed E-state index contributed by atoms with van der Waals surface area (Å²) in [6, 6.07) is -0.239. The summed E-state index contributed by atoms with van der Waals surface area (Å²) in [5.41, 5.74) is 0. The molecule has 0 saturated carbocycles. The van der Waals surface area contributed by atoms with Gasteiger partial charge in [0.05, 0.1) is 6.10 Å². The third-order valence-electron chi connectivity index (χ3n) is 2.09. The molecule has 3 atom stereocenters. The number of nitrogens with one attached hydrogen (secondary N) is 1. The van der Waals surface area contributed by atoms with Crippen LogP contribution in [0, 0.1) is 0 Å². The first-order valence-corrected chi connectivity index (χ1v) is 4.30. The average molecular weight is 215 g/mol. The lowest BCUT2D eigenvalue weighted by molar-refractivity contribution is -0.202. The molecule has 0 amide bonds. The molecular formula is C8H16F3NO2. The molecule has 0 aliphatic rings. The third kappa shape index (κ3) is 4.78. The van der Waals surface area contributed by atoms with E-state index in [2.05, 4.69) is 5.32 Å². The van der Waals surface area contributed by atoms with Crippen molar-refractivity contribution in [3.8, 4) is 0 Å². The number of rotatable bonds is 5. The molecular weight excluding hydrogens is 199 g/mol. The number of aliphatic hydroxyl groups excluding tert-OH is 1. The van der Waals surface area contributed by atoms with Gasteiger partial charge in [0, 0.05) is 19.7 Å². The molecule has 0 aliphatic heterocycles. The van der Waals surface area contributed by atoms with Gasteiger partial charge in [-0.15, -0.1) is 0 Å². The Labute approximate surface area is 81.2 Å². The summed E-state index contributed by atoms with van der Waals surface area (Å²) in [7, 11) is 1.48. The van der Waals surface area contributed by atoms with Crippen molar-refractivity contribution in [2.24, 2.45) is 0 Å². The Kier molecular flexibility index (Phi) is 5.40. The molecule has 3 unspecified atom stereocenters. The van der Waals surface area contributed by atoms with Gasteiger partial charge in [-0.05, 0) is 13.8 Å². The predicted octanol–water partition coefficient (Wildman–Crippen LogP) is 0.923. The fourth-order valence-electron chi connectivity index (χ4n) is 0.783. The number of hydrogen-bond donors (Lipinski definition) is 2. The van der Waals surface area contributed by atoms with Crippen LogP contribution in [-0.2, 0) is 4.74 Å². The van der Waals surface area contributed by atoms with Gasteiger partial charge in [-0.1, -0.05) is 0 Å². The molecule has 0 rings (SSSR count). The lowest BCUT2D eigenvalue weighted by Gasteiger charge is -2.22. The second kappa shape index (κ2) is 5.53. The highest BCUT2D eigenvalue weighted by atomic mass is 19.4. The Morgan fingerprint density at radius 3 is 2.21 bits per heavy atom. The maximum atomic E-state index is 11.9. The minimum atomic E-state index is -4.57. The molecule has 0 fully saturated rings. The summed E-state index contributed by atoms with van der Waals surface area (Å²) in [5.74, 6) is 0. The van der Waals surface area contributed by atoms with Gasteiger partial charge in [0.25, 0.3) is 0 Å². The zero-order chi connectivity index (χ0) is 11.4. The lowest BCUT2D eigenvalue weighted by atomic mass is 10.2. The van der Waals surface area contributed by atoms with E-state index in [1.807, 2.05) is 0 Å². The quantitative estimate of drug-likeness (QED) is 0.716. The molecule has 2 N–H and O–H groups in total. The molecule has 0 heterocycles. The molecule has 3 nitrogen and oxygen atoms in total. The van der Waals surface area contributed by atoms with Crippen molar-refractivity contribution in [1.82, 2.24) is 5.32 Å². The van der Waals surface area contributed by atoms with E-state index >= 15 is 0 Å². The van der Waals surface area contributed by atoms with Crippen LogP contribution in [0.1, 0.15) is 13.8 Å². The monoisotopic (exact) mass is 215 g/mol. The van der Waals surface area contributed by atoms with Gasteiger partial charge >= 0.3 is 6.18 Å². The van der Waals surface area contributed by atoms with Crippen LogP contribution in [-0.4, -0.2) is 43.2 Å². The van der Waals surface area contributed by atoms with E-state index in [1.54, 1.807) is 13.8 Å². The van der Waals surface area contributed by atoms with Crippen LogP contribution in [0.25, 0.3) is 0 Å². The molecule has 14 heavy (non-hydrogen) atoms. The zero-order valence-corrected chi connectivity index (χ0v) is 8.43. The largest absolute Gasteiger partial charge is 0.415 e. The number of aliphatic hydroxyl groups is 1. The summed E-state index contributed by atoms with van der Waals surface area (Å²) < 4.78 is 40.5. The minimum Gasteiger partial charge on any atom is -0.382 e. The summed E-state index contributed by atoms with van der Waals surface area (Å²) in [6.45, 7) is 2.91. The van der Waals surface area contributed by atoms with Gasteiger partial charge in [-0.3, -0.25) is 0 Å². The number of halogens is 3. The van der Waals surface area contributed by atoms with Crippen LogP contribution >= 0.6 is 0 Å². The van der Waals surface area contributed by atoms with Crippen molar-refractivity contribution in [2.45, 2.75) is 38.3 Å². The SMILES string of the molecule is COC(C)C(C)NCC(O)C(F)(F)F. The maximum absolute atomic E-state index is 11.9. The Hall–Kier alpha value is -0.330. The average Bonchev–Trinajstić information content (AvgIpc) is 2.10. The molecule has 0 aromatic heterocycles. The lowest BCUT2D eigenvalue weighted by Crippen LogP contribution is -2.45. The number of ether oxygens (including phenoxy) is 1. The van der Waals surface area contributed by atoms with Crippen molar-refractivity contribution in [3.05, 3.63) is 0 Å². The topological polar surface area (TPSA) is 41.5 Å². The predicted molar refractivity (Wildman–Crippen MR) is 46.0 cm³/mol. The van der Waals surface area contributed by atoms with E-state index in [9.17, 15) is 13.2 Å². The Balaban J connectivity index is 3.83. The second-order valence-corrected chi connectivity index (χ2v) is 3.20. The highest BCUT2D eigenvalue weighted by molar-refractivity contribution is 4.73. The van der Waals surface area contributed by atoms with Gasteiger partial charge in [0.15, 0.2) is 6.10 Å². The molecule has 86 valence electrons. The molecule has 0 aromatic carbocycles. The molecule has 0 saturated heterocycles. The normalized spacial score (nSPS) is 19.1. The Morgan fingerprint density at radius 1 is 1.36 bits per heavy atom. The summed E-state index contributed by atoms with van der Waals surface area (Å²) in [4.78, 5) is 0. The number of alkyl halides is 3. The molecule has 0 aliphatic carbocycles. The van der Waals surface area contributed by atoms with Crippen LogP contribution < -0.4 is 5.32 Å². The fourth-order valence-corrected chi connectivity index (χ4v) is 0.783. The van der Waals surface area contributed by atoms with Crippen LogP contribution in [0.2, 0.25) is 0 Å². The van der Waals surface area contributed by atoms with E-state index in [0.717, 1.165) is 0 Å². The summed E-state index contributed by atoms with van der Waals surface area (Å²) >= 11 is 0. The van der Waals surface area contributed by atoms with Crippen molar-refractivity contribution in [2.75, 3.05) is 13.7 Å². The van der Waals surface area contributed by atoms with Crippen LogP contribution in [0.4, 0.5) is 13.2 Å². The smallest absolute Gasteiger partial charge is 0.382 e. The molecule has 0 radical (unpaired) electrons. The number of hydrogen-bond acceptors (Lipinski definition) is 3. The zero-order valence-electron chi connectivity index (χ0n) is 8.43. The molecule has 0 bridgehead atoms. The van der Waals surface area contributed by atoms with Gasteiger partial charge < -0.3 is 15.2 Å². The molecule has 0 aromatic rings. The van der Waals surface area contributed by atoms with Gasteiger partial charge in [0.1, 0.15) is 0 Å². The standard InChI is InChI=1S/C8H16F3NO2/c1-5(6(2)14-3)12-4-7(13)8(9,10)11/h5-7,12-13H,4H2,1-3H3. The summed E-state index contributed by atoms with van der Waals surface area (Å²) in [5, 5.41) is 11.2. The Bertz CT molecular complexity index is 163. The van der Waals surface area contributed by atoms with E-state index in [0.29, 0.717) is 0 Å². The highest BCUT2D eigenvalue weighted by Gasteiger charge is 2.38. The van der Waals surface area contributed by atoms with E-state index in [4.69, 9.17) is 9.84 Å². The van der Waals surface area contributed by atoms with E-state index < -0.39 is 18.8 Å². The van der Waals surface area contributed by atoms with Gasteiger partial charge in [0.2, 0.25) is 0 Å². The van der Waals surface area contributed by atoms with E-state index in [-0.39, 0.29) is 12.1 Å². The second-order valence-electron chi connectivity index (χ2n) is 3.20. The molecule has 6 heteroatoms. The molecule has 0 spiro atoms. The Morgan fingerprint density at radius 2 is 1.86 bits per heavy atom. The van der Waals surface area contributed by atoms with E-state index in [1.165, 1.54) is 7.11 Å². The first kappa shape index (κ1) is 13.7. The van der Waals surface area contributed by atoms with Gasteiger partial charge in [-0.25, -0.2) is 0 Å². The maximum Gasteiger partial charge on any atom is 0.415 e. The highest BCUT2D eigenvalue weighted by Crippen LogP contribution is 2.19. The van der Waals surface area contributed by atoms with Crippen LogP contribution in [0.5, 0.6) is 0 Å². The van der Waals surface area contributed by atoms with Crippen LogP contribution in [0.3, 0.4) is 0 Å². The van der Waals surface area contributed by atoms with Crippen molar-refractivity contribution in [3.63, 3.8) is 0 Å².